The van der Waals surface area contributed by atoms with Gasteiger partial charge >= 0.3 is 0 Å². The highest BCUT2D eigenvalue weighted by molar-refractivity contribution is 5.93. The topological polar surface area (TPSA) is 55.7 Å². The second kappa shape index (κ2) is 7.39. The fraction of sp³-hybridized carbons (Fsp3) is 0.0370. The summed E-state index contributed by atoms with van der Waals surface area (Å²) in [4.78, 5) is 12.1. The molecule has 0 radical (unpaired) electrons. The van der Waals surface area contributed by atoms with Crippen molar-refractivity contribution in [2.75, 3.05) is 7.11 Å². The number of hydrogen-bond donors (Lipinski definition) is 1. The SMILES string of the molecule is COc1cc2cc(-c3ccccc3-n3cnc4ccccc43)ccc2cc1-c1ncc[nH]1. The van der Waals surface area contributed by atoms with Crippen LogP contribution in [0.5, 0.6) is 5.75 Å². The molecule has 1 N–H and O–H groups in total. The maximum absolute atomic E-state index is 5.68. The number of aromatic nitrogens is 4. The Morgan fingerprint density at radius 2 is 1.69 bits per heavy atom. The Kier molecular flexibility index (Phi) is 4.25. The minimum Gasteiger partial charge on any atom is -0.496 e. The summed E-state index contributed by atoms with van der Waals surface area (Å²) in [5.74, 6) is 1.59. The lowest BCUT2D eigenvalue weighted by atomic mass is 9.98. The zero-order chi connectivity index (χ0) is 21.5. The Labute approximate surface area is 185 Å². The van der Waals surface area contributed by atoms with Gasteiger partial charge in [-0.3, -0.25) is 4.57 Å². The van der Waals surface area contributed by atoms with Gasteiger partial charge in [-0.05, 0) is 52.7 Å². The van der Waals surface area contributed by atoms with Crippen molar-refractivity contribution in [1.82, 2.24) is 19.5 Å². The molecule has 4 aromatic carbocycles. The second-order valence-electron chi connectivity index (χ2n) is 7.67. The van der Waals surface area contributed by atoms with E-state index in [1.54, 1.807) is 13.3 Å². The Morgan fingerprint density at radius 3 is 2.56 bits per heavy atom. The van der Waals surface area contributed by atoms with E-state index in [1.165, 1.54) is 0 Å². The zero-order valence-corrected chi connectivity index (χ0v) is 17.5. The van der Waals surface area contributed by atoms with Gasteiger partial charge in [0.1, 0.15) is 17.9 Å². The molecule has 0 fully saturated rings. The lowest BCUT2D eigenvalue weighted by Gasteiger charge is -2.13. The fourth-order valence-corrected chi connectivity index (χ4v) is 4.29. The minimum atomic E-state index is 0.790. The molecule has 0 saturated carbocycles. The van der Waals surface area contributed by atoms with Crippen molar-refractivity contribution in [3.8, 4) is 34.0 Å². The van der Waals surface area contributed by atoms with Gasteiger partial charge in [0.2, 0.25) is 0 Å². The van der Waals surface area contributed by atoms with Gasteiger partial charge in [-0.25, -0.2) is 9.97 Å². The molecule has 0 saturated heterocycles. The van der Waals surface area contributed by atoms with E-state index in [0.717, 1.165) is 55.8 Å². The van der Waals surface area contributed by atoms with E-state index in [1.807, 2.05) is 30.7 Å². The number of nitrogens with zero attached hydrogens (tertiary/aromatic N) is 3. The summed E-state index contributed by atoms with van der Waals surface area (Å²) in [7, 11) is 1.69. The third-order valence-electron chi connectivity index (χ3n) is 5.84. The van der Waals surface area contributed by atoms with Crippen LogP contribution in [0.15, 0.2) is 97.6 Å². The van der Waals surface area contributed by atoms with Crippen molar-refractivity contribution in [2.45, 2.75) is 0 Å². The van der Waals surface area contributed by atoms with Crippen LogP contribution >= 0.6 is 0 Å². The zero-order valence-electron chi connectivity index (χ0n) is 17.5. The van der Waals surface area contributed by atoms with Gasteiger partial charge in [0.25, 0.3) is 0 Å². The molecule has 0 amide bonds. The van der Waals surface area contributed by atoms with Crippen LogP contribution in [0.4, 0.5) is 0 Å². The van der Waals surface area contributed by atoms with Crippen LogP contribution in [0.25, 0.3) is 50.0 Å². The van der Waals surface area contributed by atoms with Gasteiger partial charge in [0.05, 0.1) is 29.4 Å². The number of rotatable bonds is 4. The Morgan fingerprint density at radius 1 is 0.812 bits per heavy atom. The van der Waals surface area contributed by atoms with Crippen LogP contribution in [-0.2, 0) is 0 Å². The average Bonchev–Trinajstić information content (AvgIpc) is 3.53. The standard InChI is InChI=1S/C27H20N4O/c1-32-26-16-20-14-19(11-10-18(20)15-22(26)27-28-12-13-29-27)21-6-2-4-8-24(21)31-17-30-23-7-3-5-9-25(23)31/h2-17H,1H3,(H,28,29). The minimum absolute atomic E-state index is 0.790. The van der Waals surface area contributed by atoms with E-state index in [9.17, 15) is 0 Å². The maximum Gasteiger partial charge on any atom is 0.141 e. The van der Waals surface area contributed by atoms with Gasteiger partial charge in [-0.2, -0.15) is 0 Å². The molecule has 2 heterocycles. The lowest BCUT2D eigenvalue weighted by molar-refractivity contribution is 0.417. The summed E-state index contributed by atoms with van der Waals surface area (Å²) in [6, 6.07) is 27.3. The summed E-state index contributed by atoms with van der Waals surface area (Å²) < 4.78 is 7.83. The molecule has 6 rings (SSSR count). The molecular formula is C27H20N4O. The Hall–Kier alpha value is -4.38. The number of H-pyrrole nitrogens is 1. The number of aromatic amines is 1. The van der Waals surface area contributed by atoms with Gasteiger partial charge in [-0.1, -0.05) is 42.5 Å². The summed E-state index contributed by atoms with van der Waals surface area (Å²) in [5.41, 5.74) is 6.40. The normalized spacial score (nSPS) is 11.3. The predicted octanol–water partition coefficient (Wildman–Crippen LogP) is 6.24. The summed E-state index contributed by atoms with van der Waals surface area (Å²) in [6.45, 7) is 0. The van der Waals surface area contributed by atoms with Crippen LogP contribution in [0, 0.1) is 0 Å². The van der Waals surface area contributed by atoms with Crippen LogP contribution in [-0.4, -0.2) is 26.6 Å². The van der Waals surface area contributed by atoms with E-state index >= 15 is 0 Å². The molecule has 5 nitrogen and oxygen atoms in total. The molecule has 0 aliphatic rings. The van der Waals surface area contributed by atoms with Crippen LogP contribution in [0.2, 0.25) is 0 Å². The number of ether oxygens (including phenoxy) is 1. The van der Waals surface area contributed by atoms with E-state index in [-0.39, 0.29) is 0 Å². The van der Waals surface area contributed by atoms with Crippen molar-refractivity contribution in [3.63, 3.8) is 0 Å². The quantitative estimate of drug-likeness (QED) is 0.370. The van der Waals surface area contributed by atoms with E-state index < -0.39 is 0 Å². The largest absolute Gasteiger partial charge is 0.496 e. The Bertz CT molecular complexity index is 1560. The molecule has 0 unspecified atom stereocenters. The molecule has 32 heavy (non-hydrogen) atoms. The van der Waals surface area contributed by atoms with Crippen molar-refractivity contribution < 1.29 is 4.74 Å². The van der Waals surface area contributed by atoms with Crippen LogP contribution < -0.4 is 4.74 Å². The Balaban J connectivity index is 1.52. The van der Waals surface area contributed by atoms with Crippen LogP contribution in [0.3, 0.4) is 0 Å². The van der Waals surface area contributed by atoms with Crippen molar-refractivity contribution >= 4 is 21.8 Å². The van der Waals surface area contributed by atoms with Crippen LogP contribution in [0.1, 0.15) is 0 Å². The average molecular weight is 416 g/mol. The van der Waals surface area contributed by atoms with Gasteiger partial charge < -0.3 is 9.72 Å². The van der Waals surface area contributed by atoms with Gasteiger partial charge in [0.15, 0.2) is 0 Å². The molecule has 0 aliphatic carbocycles. The van der Waals surface area contributed by atoms with Gasteiger partial charge in [-0.15, -0.1) is 0 Å². The highest BCUT2D eigenvalue weighted by Crippen LogP contribution is 2.36. The van der Waals surface area contributed by atoms with E-state index in [0.29, 0.717) is 0 Å². The highest BCUT2D eigenvalue weighted by Gasteiger charge is 2.13. The van der Waals surface area contributed by atoms with E-state index in [4.69, 9.17) is 4.74 Å². The fourth-order valence-electron chi connectivity index (χ4n) is 4.29. The van der Waals surface area contributed by atoms with Crippen molar-refractivity contribution in [2.24, 2.45) is 0 Å². The molecule has 154 valence electrons. The van der Waals surface area contributed by atoms with Gasteiger partial charge in [0, 0.05) is 18.0 Å². The lowest BCUT2D eigenvalue weighted by Crippen LogP contribution is -1.95. The first-order valence-corrected chi connectivity index (χ1v) is 10.5. The smallest absolute Gasteiger partial charge is 0.141 e. The van der Waals surface area contributed by atoms with E-state index in [2.05, 4.69) is 80.2 Å². The van der Waals surface area contributed by atoms with Crippen molar-refractivity contribution in [3.05, 3.63) is 97.6 Å². The third-order valence-corrected chi connectivity index (χ3v) is 5.84. The number of nitrogens with one attached hydrogen (secondary N) is 1. The molecule has 5 heteroatoms. The first kappa shape index (κ1) is 18.4. The second-order valence-corrected chi connectivity index (χ2v) is 7.67. The summed E-state index contributed by atoms with van der Waals surface area (Å²) in [6.07, 6.45) is 5.46. The molecule has 0 atom stereocenters. The summed E-state index contributed by atoms with van der Waals surface area (Å²) in [5, 5.41) is 2.24. The number of hydrogen-bond acceptors (Lipinski definition) is 3. The first-order valence-electron chi connectivity index (χ1n) is 10.5. The molecule has 0 bridgehead atoms. The first-order chi connectivity index (χ1) is 15.8. The number of benzene rings is 4. The number of imidazole rings is 2. The third kappa shape index (κ3) is 2.94. The molecule has 0 aliphatic heterocycles. The number of methoxy groups -OCH3 is 1. The monoisotopic (exact) mass is 416 g/mol. The number of fused-ring (bicyclic) bond motifs is 2. The molecule has 6 aromatic rings. The molecular weight excluding hydrogens is 396 g/mol. The number of para-hydroxylation sites is 3. The maximum atomic E-state index is 5.68. The summed E-state index contributed by atoms with van der Waals surface area (Å²) >= 11 is 0. The molecule has 0 spiro atoms. The van der Waals surface area contributed by atoms with Crippen molar-refractivity contribution in [1.29, 1.82) is 0 Å². The molecule has 2 aromatic heterocycles. The highest BCUT2D eigenvalue weighted by atomic mass is 16.5. The predicted molar refractivity (Wildman–Crippen MR) is 128 cm³/mol.